The SMILES string of the molecule is CC1(C(=O)NCCCOCC2CCCO2)CC1(Cl)Cl. The van der Waals surface area contributed by atoms with Gasteiger partial charge in [0.2, 0.25) is 5.91 Å². The second kappa shape index (κ2) is 6.17. The molecule has 110 valence electrons. The lowest BCUT2D eigenvalue weighted by atomic mass is 10.1. The van der Waals surface area contributed by atoms with Crippen LogP contribution in [0.15, 0.2) is 0 Å². The van der Waals surface area contributed by atoms with Gasteiger partial charge in [0.25, 0.3) is 0 Å². The minimum Gasteiger partial charge on any atom is -0.379 e. The molecule has 1 saturated heterocycles. The third kappa shape index (κ3) is 3.75. The second-order valence-corrected chi connectivity index (χ2v) is 7.02. The molecule has 1 saturated carbocycles. The van der Waals surface area contributed by atoms with Gasteiger partial charge >= 0.3 is 0 Å². The molecule has 0 aromatic rings. The summed E-state index contributed by atoms with van der Waals surface area (Å²) >= 11 is 11.9. The van der Waals surface area contributed by atoms with Gasteiger partial charge in [-0.15, -0.1) is 23.2 Å². The minimum absolute atomic E-state index is 0.0726. The van der Waals surface area contributed by atoms with Crippen LogP contribution in [0.25, 0.3) is 0 Å². The van der Waals surface area contributed by atoms with Crippen molar-refractivity contribution < 1.29 is 14.3 Å². The van der Waals surface area contributed by atoms with Crippen LogP contribution in [0.5, 0.6) is 0 Å². The van der Waals surface area contributed by atoms with Crippen LogP contribution in [0, 0.1) is 5.41 Å². The average Bonchev–Trinajstić information content (AvgIpc) is 2.74. The minimum atomic E-state index is -0.895. The number of nitrogens with one attached hydrogen (secondary N) is 1. The molecule has 6 heteroatoms. The standard InChI is InChI=1S/C13H21Cl2NO3/c1-12(9-13(12,14)15)11(17)16-5-3-6-18-8-10-4-2-7-19-10/h10H,2-9H2,1H3,(H,16,17). The van der Waals surface area contributed by atoms with Gasteiger partial charge in [-0.3, -0.25) is 4.79 Å². The number of halogens is 2. The summed E-state index contributed by atoms with van der Waals surface area (Å²) in [6.45, 7) is 4.50. The molecule has 0 aromatic heterocycles. The number of amides is 1. The zero-order chi connectivity index (χ0) is 13.9. The highest BCUT2D eigenvalue weighted by Crippen LogP contribution is 2.63. The maximum Gasteiger partial charge on any atom is 0.229 e. The van der Waals surface area contributed by atoms with Crippen LogP contribution in [-0.2, 0) is 14.3 Å². The molecule has 1 aliphatic heterocycles. The fraction of sp³-hybridized carbons (Fsp3) is 0.923. The molecule has 2 unspecified atom stereocenters. The van der Waals surface area contributed by atoms with Crippen LogP contribution in [0.2, 0.25) is 0 Å². The van der Waals surface area contributed by atoms with Gasteiger partial charge < -0.3 is 14.8 Å². The maximum absolute atomic E-state index is 11.8. The lowest BCUT2D eigenvalue weighted by molar-refractivity contribution is -0.125. The number of ether oxygens (including phenoxy) is 2. The van der Waals surface area contributed by atoms with Gasteiger partial charge in [-0.1, -0.05) is 0 Å². The van der Waals surface area contributed by atoms with E-state index in [0.717, 1.165) is 25.9 Å². The molecule has 0 bridgehead atoms. The predicted octanol–water partition coefficient (Wildman–Crippen LogP) is 2.27. The topological polar surface area (TPSA) is 47.6 Å². The quantitative estimate of drug-likeness (QED) is 0.580. The number of hydrogen-bond donors (Lipinski definition) is 1. The Morgan fingerprint density at radius 2 is 2.26 bits per heavy atom. The first kappa shape index (κ1) is 15.4. The zero-order valence-electron chi connectivity index (χ0n) is 11.2. The van der Waals surface area contributed by atoms with Crippen molar-refractivity contribution in [1.82, 2.24) is 5.32 Å². The van der Waals surface area contributed by atoms with Gasteiger partial charge in [0, 0.05) is 19.8 Å². The first-order chi connectivity index (χ1) is 8.96. The molecule has 0 aromatic carbocycles. The van der Waals surface area contributed by atoms with E-state index in [1.807, 2.05) is 0 Å². The summed E-state index contributed by atoms with van der Waals surface area (Å²) in [5.74, 6) is -0.0726. The Morgan fingerprint density at radius 1 is 1.53 bits per heavy atom. The summed E-state index contributed by atoms with van der Waals surface area (Å²) in [7, 11) is 0. The molecular formula is C13H21Cl2NO3. The fourth-order valence-electron chi connectivity index (χ4n) is 2.21. The zero-order valence-corrected chi connectivity index (χ0v) is 12.7. The number of hydrogen-bond acceptors (Lipinski definition) is 3. The van der Waals surface area contributed by atoms with Gasteiger partial charge in [0.05, 0.1) is 18.1 Å². The van der Waals surface area contributed by atoms with E-state index in [4.69, 9.17) is 32.7 Å². The van der Waals surface area contributed by atoms with Crippen LogP contribution >= 0.6 is 23.2 Å². The Bertz CT molecular complexity index is 332. The summed E-state index contributed by atoms with van der Waals surface area (Å²) in [5, 5.41) is 2.85. The molecule has 2 rings (SSSR count). The molecule has 2 fully saturated rings. The summed E-state index contributed by atoms with van der Waals surface area (Å²) in [6, 6.07) is 0. The number of rotatable bonds is 7. The Kier molecular flexibility index (Phi) is 4.99. The molecule has 0 spiro atoms. The number of carbonyl (C=O) groups is 1. The van der Waals surface area contributed by atoms with Crippen LogP contribution in [0.3, 0.4) is 0 Å². The number of alkyl halides is 2. The van der Waals surface area contributed by atoms with E-state index in [9.17, 15) is 4.79 Å². The Balaban J connectivity index is 1.49. The van der Waals surface area contributed by atoms with E-state index in [0.29, 0.717) is 26.2 Å². The van der Waals surface area contributed by atoms with Crippen molar-refractivity contribution >= 4 is 29.1 Å². The average molecular weight is 310 g/mol. The van der Waals surface area contributed by atoms with Gasteiger partial charge in [-0.2, -0.15) is 0 Å². The summed E-state index contributed by atoms with van der Waals surface area (Å²) in [5.41, 5.74) is -0.630. The molecule has 2 aliphatic rings. The molecule has 19 heavy (non-hydrogen) atoms. The summed E-state index contributed by atoms with van der Waals surface area (Å²) in [6.07, 6.45) is 3.77. The van der Waals surface area contributed by atoms with Gasteiger partial charge in [0.1, 0.15) is 4.33 Å². The smallest absolute Gasteiger partial charge is 0.229 e. The Morgan fingerprint density at radius 3 is 2.84 bits per heavy atom. The van der Waals surface area contributed by atoms with Crippen molar-refractivity contribution in [2.45, 2.75) is 43.0 Å². The Labute approximate surface area is 124 Å². The molecule has 1 heterocycles. The maximum atomic E-state index is 11.8. The van der Waals surface area contributed by atoms with Crippen LogP contribution < -0.4 is 5.32 Å². The molecule has 1 N–H and O–H groups in total. The lowest BCUT2D eigenvalue weighted by Crippen LogP contribution is -2.34. The van der Waals surface area contributed by atoms with Gasteiger partial charge in [-0.25, -0.2) is 0 Å². The van der Waals surface area contributed by atoms with Crippen molar-refractivity contribution in [2.75, 3.05) is 26.4 Å². The van der Waals surface area contributed by atoms with Crippen molar-refractivity contribution in [3.8, 4) is 0 Å². The largest absolute Gasteiger partial charge is 0.379 e. The first-order valence-corrected chi connectivity index (χ1v) is 7.57. The monoisotopic (exact) mass is 309 g/mol. The lowest BCUT2D eigenvalue weighted by Gasteiger charge is -2.13. The van der Waals surface area contributed by atoms with Gasteiger partial charge in [0.15, 0.2) is 0 Å². The molecule has 1 amide bonds. The van der Waals surface area contributed by atoms with Gasteiger partial charge in [-0.05, 0) is 32.6 Å². The predicted molar refractivity (Wildman–Crippen MR) is 74.6 cm³/mol. The van der Waals surface area contributed by atoms with E-state index >= 15 is 0 Å². The van der Waals surface area contributed by atoms with Crippen LogP contribution in [0.1, 0.15) is 32.6 Å². The third-order valence-electron chi connectivity index (χ3n) is 3.84. The normalized spacial score (nSPS) is 32.3. The van der Waals surface area contributed by atoms with Crippen LogP contribution in [0.4, 0.5) is 0 Å². The van der Waals surface area contributed by atoms with E-state index in [-0.39, 0.29) is 12.0 Å². The third-order valence-corrected chi connectivity index (χ3v) is 4.94. The van der Waals surface area contributed by atoms with E-state index in [1.165, 1.54) is 0 Å². The van der Waals surface area contributed by atoms with E-state index in [2.05, 4.69) is 5.32 Å². The molecular weight excluding hydrogens is 289 g/mol. The first-order valence-electron chi connectivity index (χ1n) is 6.81. The highest BCUT2D eigenvalue weighted by Gasteiger charge is 2.67. The number of carbonyl (C=O) groups excluding carboxylic acids is 1. The molecule has 0 radical (unpaired) electrons. The second-order valence-electron chi connectivity index (χ2n) is 5.53. The van der Waals surface area contributed by atoms with E-state index in [1.54, 1.807) is 6.92 Å². The highest BCUT2D eigenvalue weighted by atomic mass is 35.5. The summed E-state index contributed by atoms with van der Waals surface area (Å²) in [4.78, 5) is 11.8. The van der Waals surface area contributed by atoms with Crippen molar-refractivity contribution in [3.63, 3.8) is 0 Å². The van der Waals surface area contributed by atoms with Crippen molar-refractivity contribution in [1.29, 1.82) is 0 Å². The van der Waals surface area contributed by atoms with Crippen LogP contribution in [-0.4, -0.2) is 42.7 Å². The molecule has 4 nitrogen and oxygen atoms in total. The van der Waals surface area contributed by atoms with E-state index < -0.39 is 9.75 Å². The fourth-order valence-corrected chi connectivity index (χ4v) is 2.91. The Hall–Kier alpha value is -0.0300. The van der Waals surface area contributed by atoms with Crippen molar-refractivity contribution in [3.05, 3.63) is 0 Å². The summed E-state index contributed by atoms with van der Waals surface area (Å²) < 4.78 is 10.1. The molecule has 1 aliphatic carbocycles. The highest BCUT2D eigenvalue weighted by molar-refractivity contribution is 6.53. The molecule has 2 atom stereocenters. The van der Waals surface area contributed by atoms with Crippen molar-refractivity contribution in [2.24, 2.45) is 5.41 Å².